The van der Waals surface area contributed by atoms with Crippen LogP contribution in [0.4, 0.5) is 0 Å². The van der Waals surface area contributed by atoms with Gasteiger partial charge in [-0.3, -0.25) is 0 Å². The lowest BCUT2D eigenvalue weighted by Gasteiger charge is -2.68. The summed E-state index contributed by atoms with van der Waals surface area (Å²) in [6.45, 7) is 11.2. The Labute approximate surface area is 376 Å². The molecule has 7 rings (SSSR count). The van der Waals surface area contributed by atoms with Crippen molar-refractivity contribution >= 4 is 0 Å². The maximum absolute atomic E-state index is 12.5. The van der Waals surface area contributed by atoms with Crippen molar-refractivity contribution in [2.24, 2.45) is 39.9 Å². The monoisotopic (exact) mass is 919 g/mol. The molecule has 18 heteroatoms. The Morgan fingerprint density at radius 1 is 0.625 bits per heavy atom. The predicted octanol–water partition coefficient (Wildman–Crippen LogP) is -0.663. The normalized spacial score (nSPS) is 52.8. The van der Waals surface area contributed by atoms with Gasteiger partial charge in [-0.2, -0.15) is 0 Å². The molecule has 0 spiro atoms. The van der Waals surface area contributed by atoms with Gasteiger partial charge in [0.05, 0.1) is 37.6 Å². The van der Waals surface area contributed by atoms with E-state index in [1.165, 1.54) is 0 Å². The van der Waals surface area contributed by atoms with Gasteiger partial charge in [0.15, 0.2) is 18.9 Å². The minimum atomic E-state index is -1.78. The molecule has 0 bridgehead atoms. The molecule has 0 aromatic rings. The van der Waals surface area contributed by atoms with E-state index in [1.807, 2.05) is 20.8 Å². The lowest BCUT2D eigenvalue weighted by atomic mass is 9.37. The molecule has 0 radical (unpaired) electrons. The van der Waals surface area contributed by atoms with E-state index in [0.29, 0.717) is 32.1 Å². The molecule has 7 fully saturated rings. The molecule has 370 valence electrons. The highest BCUT2D eigenvalue weighted by Gasteiger charge is 2.70. The van der Waals surface area contributed by atoms with Crippen LogP contribution in [0.1, 0.15) is 106 Å². The van der Waals surface area contributed by atoms with E-state index in [0.717, 1.165) is 37.7 Å². The molecular weight excluding hydrogens is 840 g/mol. The zero-order chi connectivity index (χ0) is 46.8. The van der Waals surface area contributed by atoms with Gasteiger partial charge in [-0.1, -0.05) is 32.4 Å². The van der Waals surface area contributed by atoms with Crippen LogP contribution in [-0.4, -0.2) is 191 Å². The van der Waals surface area contributed by atoms with E-state index < -0.39 is 130 Å². The van der Waals surface area contributed by atoms with Gasteiger partial charge in [0.25, 0.3) is 0 Å². The van der Waals surface area contributed by atoms with E-state index in [2.05, 4.69) is 26.8 Å². The van der Waals surface area contributed by atoms with Gasteiger partial charge in [-0.15, -0.1) is 0 Å². The summed E-state index contributed by atoms with van der Waals surface area (Å²) in [4.78, 5) is 0. The van der Waals surface area contributed by atoms with Crippen molar-refractivity contribution in [3.8, 4) is 0 Å². The average molecular weight is 919 g/mol. The van der Waals surface area contributed by atoms with Gasteiger partial charge in [0.1, 0.15) is 73.2 Å². The first-order chi connectivity index (χ1) is 30.1. The summed E-state index contributed by atoms with van der Waals surface area (Å²) >= 11 is 0. The van der Waals surface area contributed by atoms with Crippen molar-refractivity contribution in [1.29, 1.82) is 0 Å². The molecule has 64 heavy (non-hydrogen) atoms. The van der Waals surface area contributed by atoms with Gasteiger partial charge in [-0.05, 0) is 125 Å². The number of aliphatic hydroxyl groups is 12. The van der Waals surface area contributed by atoms with Crippen molar-refractivity contribution in [3.63, 3.8) is 0 Å². The topological polar surface area (TPSA) is 298 Å². The lowest BCUT2D eigenvalue weighted by Crippen LogP contribution is -2.66. The molecule has 25 atom stereocenters. The van der Waals surface area contributed by atoms with E-state index in [4.69, 9.17) is 28.4 Å². The fourth-order valence-corrected chi connectivity index (χ4v) is 13.9. The van der Waals surface area contributed by atoms with Crippen LogP contribution in [0.15, 0.2) is 11.6 Å². The Hall–Kier alpha value is -0.980. The number of hydrogen-bond acceptors (Lipinski definition) is 18. The number of aliphatic hydroxyl groups excluding tert-OH is 12. The molecule has 12 N–H and O–H groups in total. The lowest BCUT2D eigenvalue weighted by molar-refractivity contribution is -0.373. The summed E-state index contributed by atoms with van der Waals surface area (Å²) in [5, 5.41) is 128. The second-order valence-corrected chi connectivity index (χ2v) is 21.6. The molecule has 0 amide bonds. The van der Waals surface area contributed by atoms with E-state index in [9.17, 15) is 61.3 Å². The van der Waals surface area contributed by atoms with Gasteiger partial charge in [-0.25, -0.2) is 0 Å². The largest absolute Gasteiger partial charge is 0.394 e. The zero-order valence-corrected chi connectivity index (χ0v) is 38.2. The van der Waals surface area contributed by atoms with Crippen molar-refractivity contribution in [2.75, 3.05) is 19.8 Å². The second kappa shape index (κ2) is 19.4. The Bertz CT molecular complexity index is 1600. The Morgan fingerprint density at radius 3 is 1.77 bits per heavy atom. The first kappa shape index (κ1) is 50.9. The van der Waals surface area contributed by atoms with Crippen LogP contribution in [0.2, 0.25) is 0 Å². The Morgan fingerprint density at radius 2 is 1.17 bits per heavy atom. The second-order valence-electron chi connectivity index (χ2n) is 21.6. The molecule has 3 heterocycles. The Balaban J connectivity index is 1.09. The molecule has 0 aromatic heterocycles. The standard InChI is InChI=1S/C46H78O18/c1-21(2)8-7-12-46(6,64-41-38(58)35(55)32(52)27(19-48)61-41)24-11-15-45(5)30(24)25(50)17-29-43(3)13-10-23(16-22(43)9-14-44(29,45)4)59-42-39(36(56)33(53)28(20-49)62-42)63-40-37(57)34(54)31(51)26(18-47)60-40/h8,22-42,47-58H,7,9-20H2,1-6H3. The summed E-state index contributed by atoms with van der Waals surface area (Å²) in [5.41, 5.74) is -0.461. The third-order valence-corrected chi connectivity index (χ3v) is 17.9. The number of fused-ring (bicyclic) bond motifs is 5. The summed E-state index contributed by atoms with van der Waals surface area (Å²) in [6.07, 6.45) is -14.3. The first-order valence-electron chi connectivity index (χ1n) is 23.6. The first-order valence-corrected chi connectivity index (χ1v) is 23.6. The van der Waals surface area contributed by atoms with Gasteiger partial charge in [0.2, 0.25) is 0 Å². The number of ether oxygens (including phenoxy) is 6. The van der Waals surface area contributed by atoms with Crippen LogP contribution in [0.5, 0.6) is 0 Å². The summed E-state index contributed by atoms with van der Waals surface area (Å²) < 4.78 is 36.7. The number of hydrogen-bond donors (Lipinski definition) is 12. The molecule has 4 saturated carbocycles. The highest BCUT2D eigenvalue weighted by atomic mass is 16.8. The molecule has 4 aliphatic carbocycles. The van der Waals surface area contributed by atoms with Crippen LogP contribution in [-0.2, 0) is 28.4 Å². The summed E-state index contributed by atoms with van der Waals surface area (Å²) in [6, 6.07) is 0. The highest BCUT2D eigenvalue weighted by Crippen LogP contribution is 2.74. The van der Waals surface area contributed by atoms with Gasteiger partial charge >= 0.3 is 0 Å². The van der Waals surface area contributed by atoms with Gasteiger partial charge < -0.3 is 89.7 Å². The van der Waals surface area contributed by atoms with E-state index in [1.54, 1.807) is 0 Å². The zero-order valence-electron chi connectivity index (χ0n) is 38.2. The quantitative estimate of drug-likeness (QED) is 0.0806. The molecule has 25 unspecified atom stereocenters. The highest BCUT2D eigenvalue weighted by molar-refractivity contribution is 5.19. The van der Waals surface area contributed by atoms with Crippen LogP contribution in [0.25, 0.3) is 0 Å². The maximum Gasteiger partial charge on any atom is 0.187 e. The fraction of sp³-hybridized carbons (Fsp3) is 0.957. The van der Waals surface area contributed by atoms with E-state index in [-0.39, 0.29) is 39.9 Å². The molecule has 18 nitrogen and oxygen atoms in total. The smallest absolute Gasteiger partial charge is 0.187 e. The third-order valence-electron chi connectivity index (χ3n) is 17.9. The maximum atomic E-state index is 12.5. The fourth-order valence-electron chi connectivity index (χ4n) is 13.9. The van der Waals surface area contributed by atoms with Crippen molar-refractivity contribution < 1.29 is 89.7 Å². The van der Waals surface area contributed by atoms with Crippen molar-refractivity contribution in [2.45, 2.75) is 216 Å². The number of allylic oxidation sites excluding steroid dienone is 2. The van der Waals surface area contributed by atoms with Crippen LogP contribution in [0, 0.1) is 39.9 Å². The predicted molar refractivity (Wildman–Crippen MR) is 224 cm³/mol. The Kier molecular flexibility index (Phi) is 15.4. The van der Waals surface area contributed by atoms with Crippen LogP contribution < -0.4 is 0 Å². The molecule has 0 aromatic carbocycles. The van der Waals surface area contributed by atoms with Crippen LogP contribution in [0.3, 0.4) is 0 Å². The van der Waals surface area contributed by atoms with Crippen molar-refractivity contribution in [1.82, 2.24) is 0 Å². The van der Waals surface area contributed by atoms with Crippen molar-refractivity contribution in [3.05, 3.63) is 11.6 Å². The summed E-state index contributed by atoms with van der Waals surface area (Å²) in [5.74, 6) is 0.000776. The van der Waals surface area contributed by atoms with Crippen LogP contribution >= 0.6 is 0 Å². The SMILES string of the molecule is CC(C)=CCCC(C)(OC1OC(CO)C(O)C(O)C1O)C1CCC2(C)C1C(O)CC1C3(C)CCC(OC4OC(CO)C(O)C(O)C4OC4OC(CO)C(O)C(O)C4O)CC3CCC12C. The van der Waals surface area contributed by atoms with Gasteiger partial charge in [0, 0.05) is 0 Å². The minimum Gasteiger partial charge on any atom is -0.394 e. The molecule has 3 saturated heterocycles. The van der Waals surface area contributed by atoms with E-state index >= 15 is 0 Å². The summed E-state index contributed by atoms with van der Waals surface area (Å²) in [7, 11) is 0. The number of rotatable bonds is 13. The molecule has 7 aliphatic rings. The average Bonchev–Trinajstić information content (AvgIpc) is 3.65. The molecular formula is C46H78O18. The molecule has 3 aliphatic heterocycles. The minimum absolute atomic E-state index is 0.141. The third kappa shape index (κ3) is 8.80.